The Morgan fingerprint density at radius 2 is 1.85 bits per heavy atom. The van der Waals surface area contributed by atoms with E-state index >= 15 is 0 Å². The van der Waals surface area contributed by atoms with Gasteiger partial charge in [-0.3, -0.25) is 15.0 Å². The molecule has 2 fully saturated rings. The van der Waals surface area contributed by atoms with Crippen molar-refractivity contribution in [3.63, 3.8) is 0 Å². The molecule has 0 radical (unpaired) electrons. The van der Waals surface area contributed by atoms with Gasteiger partial charge in [0.25, 0.3) is 0 Å². The average molecular weight is 295 g/mol. The molecule has 8 heteroatoms. The summed E-state index contributed by atoms with van der Waals surface area (Å²) in [6, 6.07) is 5.89. The first-order valence-corrected chi connectivity index (χ1v) is 7.64. The van der Waals surface area contributed by atoms with Crippen molar-refractivity contribution in [2.75, 3.05) is 0 Å². The number of sulfonamides is 1. The highest BCUT2D eigenvalue weighted by atomic mass is 32.2. The van der Waals surface area contributed by atoms with E-state index in [0.29, 0.717) is 12.0 Å². The van der Waals surface area contributed by atoms with E-state index < -0.39 is 10.0 Å². The molecule has 0 spiro atoms. The van der Waals surface area contributed by atoms with E-state index in [-0.39, 0.29) is 35.1 Å². The van der Waals surface area contributed by atoms with Crippen LogP contribution in [0.15, 0.2) is 29.2 Å². The van der Waals surface area contributed by atoms with Crippen molar-refractivity contribution in [1.29, 1.82) is 0 Å². The first-order valence-electron chi connectivity index (χ1n) is 6.10. The molecule has 1 saturated carbocycles. The molecule has 1 aromatic rings. The van der Waals surface area contributed by atoms with Gasteiger partial charge in [-0.05, 0) is 24.1 Å². The molecule has 0 bridgehead atoms. The monoisotopic (exact) mass is 295 g/mol. The van der Waals surface area contributed by atoms with Gasteiger partial charge in [0, 0.05) is 0 Å². The number of amides is 2. The number of hydrazine groups is 1. The van der Waals surface area contributed by atoms with E-state index in [1.165, 1.54) is 17.1 Å². The van der Waals surface area contributed by atoms with Gasteiger partial charge in [0.05, 0.1) is 23.3 Å². The molecule has 2 amide bonds. The van der Waals surface area contributed by atoms with E-state index in [2.05, 4.69) is 5.43 Å². The molecule has 1 aliphatic carbocycles. The Morgan fingerprint density at radius 1 is 1.20 bits per heavy atom. The zero-order valence-electron chi connectivity index (χ0n) is 10.4. The number of primary sulfonamides is 1. The minimum atomic E-state index is -3.72. The number of benzene rings is 1. The fourth-order valence-corrected chi connectivity index (χ4v) is 2.83. The van der Waals surface area contributed by atoms with Crippen LogP contribution in [0.4, 0.5) is 0 Å². The van der Waals surface area contributed by atoms with Crippen molar-refractivity contribution >= 4 is 21.8 Å². The Hall–Kier alpha value is -1.93. The van der Waals surface area contributed by atoms with Gasteiger partial charge in [0.15, 0.2) is 0 Å². The summed E-state index contributed by atoms with van der Waals surface area (Å²) >= 11 is 0. The zero-order valence-corrected chi connectivity index (χ0v) is 11.3. The summed E-state index contributed by atoms with van der Waals surface area (Å²) in [6.07, 6.45) is 0.617. The molecule has 2 unspecified atom stereocenters. The molecule has 0 aromatic heterocycles. The highest BCUT2D eigenvalue weighted by Crippen LogP contribution is 2.42. The lowest BCUT2D eigenvalue weighted by atomic mass is 10.2. The van der Waals surface area contributed by atoms with Crippen LogP contribution in [0.5, 0.6) is 0 Å². The SMILES string of the molecule is NS(=O)(=O)c1ccc(CN2NC(=O)C3CC3C2=O)cc1. The molecule has 7 nitrogen and oxygen atoms in total. The first kappa shape index (κ1) is 13.1. The van der Waals surface area contributed by atoms with Crippen molar-refractivity contribution < 1.29 is 18.0 Å². The predicted molar refractivity (Wildman–Crippen MR) is 68.1 cm³/mol. The normalized spacial score (nSPS) is 25.1. The first-order chi connectivity index (χ1) is 9.36. The fraction of sp³-hybridized carbons (Fsp3) is 0.333. The van der Waals surface area contributed by atoms with Crippen molar-refractivity contribution in [1.82, 2.24) is 10.4 Å². The summed E-state index contributed by atoms with van der Waals surface area (Å²) in [6.45, 7) is 0.207. The maximum absolute atomic E-state index is 11.9. The summed E-state index contributed by atoms with van der Waals surface area (Å²) in [4.78, 5) is 23.5. The highest BCUT2D eigenvalue weighted by molar-refractivity contribution is 7.89. The number of carbonyl (C=O) groups is 2. The Labute approximate surface area is 115 Å². The van der Waals surface area contributed by atoms with E-state index in [4.69, 9.17) is 5.14 Å². The molecule has 20 heavy (non-hydrogen) atoms. The third-order valence-electron chi connectivity index (χ3n) is 3.55. The number of nitrogens with two attached hydrogens (primary N) is 1. The smallest absolute Gasteiger partial charge is 0.245 e. The summed E-state index contributed by atoms with van der Waals surface area (Å²) in [5.41, 5.74) is 3.27. The van der Waals surface area contributed by atoms with Crippen molar-refractivity contribution in [2.45, 2.75) is 17.9 Å². The molecule has 2 aliphatic rings. The second-order valence-corrected chi connectivity index (χ2v) is 6.60. The van der Waals surface area contributed by atoms with Crippen LogP contribution in [-0.2, 0) is 26.2 Å². The van der Waals surface area contributed by atoms with Crippen LogP contribution in [0.1, 0.15) is 12.0 Å². The molecule has 1 aromatic carbocycles. The highest BCUT2D eigenvalue weighted by Gasteiger charge is 2.53. The van der Waals surface area contributed by atoms with Crippen LogP contribution in [0.2, 0.25) is 0 Å². The second kappa shape index (κ2) is 4.29. The van der Waals surface area contributed by atoms with Gasteiger partial charge in [-0.15, -0.1) is 0 Å². The average Bonchev–Trinajstić information content (AvgIpc) is 3.16. The quantitative estimate of drug-likeness (QED) is 0.771. The third kappa shape index (κ3) is 2.27. The topological polar surface area (TPSA) is 110 Å². The van der Waals surface area contributed by atoms with Gasteiger partial charge in [-0.2, -0.15) is 0 Å². The minimum Gasteiger partial charge on any atom is -0.273 e. The maximum atomic E-state index is 11.9. The Balaban J connectivity index is 1.75. The summed E-state index contributed by atoms with van der Waals surface area (Å²) in [5.74, 6) is -0.572. The molecule has 106 valence electrons. The lowest BCUT2D eigenvalue weighted by Crippen LogP contribution is -2.51. The maximum Gasteiger partial charge on any atom is 0.245 e. The molecule has 1 aliphatic heterocycles. The summed E-state index contributed by atoms with van der Waals surface area (Å²) < 4.78 is 22.3. The van der Waals surface area contributed by atoms with E-state index in [0.717, 1.165) is 0 Å². The molecular weight excluding hydrogens is 282 g/mol. The van der Waals surface area contributed by atoms with E-state index in [1.807, 2.05) is 0 Å². The number of hydrogen-bond acceptors (Lipinski definition) is 4. The second-order valence-electron chi connectivity index (χ2n) is 5.04. The lowest BCUT2D eigenvalue weighted by molar-refractivity contribution is -0.148. The van der Waals surface area contributed by atoms with E-state index in [9.17, 15) is 18.0 Å². The molecular formula is C12H13N3O4S. The fourth-order valence-electron chi connectivity index (χ4n) is 2.31. The van der Waals surface area contributed by atoms with Crippen LogP contribution >= 0.6 is 0 Å². The van der Waals surface area contributed by atoms with Crippen LogP contribution in [0.3, 0.4) is 0 Å². The number of nitrogens with zero attached hydrogens (tertiary/aromatic N) is 1. The van der Waals surface area contributed by atoms with Crippen LogP contribution < -0.4 is 10.6 Å². The van der Waals surface area contributed by atoms with Gasteiger partial charge in [0.1, 0.15) is 0 Å². The number of rotatable bonds is 3. The van der Waals surface area contributed by atoms with Crippen LogP contribution in [-0.4, -0.2) is 25.2 Å². The van der Waals surface area contributed by atoms with Crippen LogP contribution in [0.25, 0.3) is 0 Å². The molecule has 2 atom stereocenters. The van der Waals surface area contributed by atoms with Gasteiger partial charge in [-0.1, -0.05) is 12.1 Å². The Kier molecular flexibility index (Phi) is 2.80. The van der Waals surface area contributed by atoms with Gasteiger partial charge in [0.2, 0.25) is 21.8 Å². The van der Waals surface area contributed by atoms with Crippen molar-refractivity contribution in [3.8, 4) is 0 Å². The summed E-state index contributed by atoms with van der Waals surface area (Å²) in [5, 5.41) is 6.29. The number of carbonyl (C=O) groups excluding carboxylic acids is 2. The number of fused-ring (bicyclic) bond motifs is 1. The third-order valence-corrected chi connectivity index (χ3v) is 4.48. The Bertz CT molecular complexity index is 683. The van der Waals surface area contributed by atoms with Gasteiger partial charge >= 0.3 is 0 Å². The number of nitrogens with one attached hydrogen (secondary N) is 1. The Morgan fingerprint density at radius 3 is 2.45 bits per heavy atom. The van der Waals surface area contributed by atoms with E-state index in [1.54, 1.807) is 12.1 Å². The molecule has 1 heterocycles. The largest absolute Gasteiger partial charge is 0.273 e. The minimum absolute atomic E-state index is 0.0116. The molecule has 3 N–H and O–H groups in total. The predicted octanol–water partition coefficient (Wildman–Crippen LogP) is -0.657. The van der Waals surface area contributed by atoms with Crippen molar-refractivity contribution in [3.05, 3.63) is 29.8 Å². The van der Waals surface area contributed by atoms with Crippen LogP contribution in [0, 0.1) is 11.8 Å². The van der Waals surface area contributed by atoms with Crippen molar-refractivity contribution in [2.24, 2.45) is 17.0 Å². The zero-order chi connectivity index (χ0) is 14.5. The lowest BCUT2D eigenvalue weighted by Gasteiger charge is -2.26. The summed E-state index contributed by atoms with van der Waals surface area (Å²) in [7, 11) is -3.72. The van der Waals surface area contributed by atoms with Gasteiger partial charge in [-0.25, -0.2) is 18.6 Å². The molecule has 3 rings (SSSR count). The van der Waals surface area contributed by atoms with Gasteiger partial charge < -0.3 is 0 Å². The standard InChI is InChI=1S/C12H13N3O4S/c13-20(18,19)8-3-1-7(2-4-8)6-15-12(17)10-5-9(10)11(16)14-15/h1-4,9-10H,5-6H2,(H,14,16)(H2,13,18,19). The number of hydrogen-bond donors (Lipinski definition) is 2. The molecule has 1 saturated heterocycles.